The molecule has 0 radical (unpaired) electrons. The van der Waals surface area contributed by atoms with Gasteiger partial charge in [-0.25, -0.2) is 4.98 Å². The van der Waals surface area contributed by atoms with Gasteiger partial charge in [0, 0.05) is 19.8 Å². The van der Waals surface area contributed by atoms with Gasteiger partial charge in [-0.05, 0) is 37.9 Å². The van der Waals surface area contributed by atoms with Crippen molar-refractivity contribution in [2.24, 2.45) is 5.92 Å². The van der Waals surface area contributed by atoms with Crippen LogP contribution in [-0.4, -0.2) is 31.7 Å². The maximum atomic E-state index is 12.6. The number of pyridine rings is 1. The fraction of sp³-hybridized carbons (Fsp3) is 0.615. The summed E-state index contributed by atoms with van der Waals surface area (Å²) in [5.74, 6) is 0.860. The van der Waals surface area contributed by atoms with Crippen LogP contribution in [0.4, 0.5) is 19.0 Å². The summed E-state index contributed by atoms with van der Waals surface area (Å²) in [6.07, 6.45) is -1.36. The second-order valence-corrected chi connectivity index (χ2v) is 5.53. The topological polar surface area (TPSA) is 28.2 Å². The van der Waals surface area contributed by atoms with E-state index >= 15 is 0 Å². The first kappa shape index (κ1) is 15.4. The predicted molar refractivity (Wildman–Crippen MR) is 73.1 cm³/mol. The van der Waals surface area contributed by atoms with Crippen molar-refractivity contribution in [1.82, 2.24) is 10.3 Å². The Morgan fingerprint density at radius 2 is 2.25 bits per heavy atom. The second-order valence-electron chi connectivity index (χ2n) is 5.12. The second kappa shape index (κ2) is 6.18. The number of hydrogen-bond acceptors (Lipinski definition) is 3. The maximum Gasteiger partial charge on any atom is 0.417 e. The minimum atomic E-state index is -4.42. The molecule has 7 heteroatoms. The SMILES string of the molecule is CN(CC1CCCNC1)c1ncc(C(F)(F)F)cc1Cl. The van der Waals surface area contributed by atoms with E-state index in [1.54, 1.807) is 7.05 Å². The molecule has 1 aromatic rings. The Bertz CT molecular complexity index is 459. The van der Waals surface area contributed by atoms with Gasteiger partial charge in [-0.2, -0.15) is 13.2 Å². The van der Waals surface area contributed by atoms with Crippen LogP contribution in [0.2, 0.25) is 5.02 Å². The average Bonchev–Trinajstić information content (AvgIpc) is 2.38. The molecule has 2 rings (SSSR count). The van der Waals surface area contributed by atoms with E-state index in [-0.39, 0.29) is 5.02 Å². The predicted octanol–water partition coefficient (Wildman–Crippen LogP) is 3.19. The zero-order valence-electron chi connectivity index (χ0n) is 11.2. The van der Waals surface area contributed by atoms with Gasteiger partial charge in [-0.1, -0.05) is 11.6 Å². The van der Waals surface area contributed by atoms with Crippen LogP contribution in [0.25, 0.3) is 0 Å². The van der Waals surface area contributed by atoms with E-state index in [0.717, 1.165) is 44.7 Å². The van der Waals surface area contributed by atoms with Crippen molar-refractivity contribution < 1.29 is 13.2 Å². The van der Waals surface area contributed by atoms with E-state index in [1.807, 2.05) is 4.90 Å². The third kappa shape index (κ3) is 3.76. The first-order valence-electron chi connectivity index (χ1n) is 6.52. The Morgan fingerprint density at radius 3 is 2.80 bits per heavy atom. The summed E-state index contributed by atoms with van der Waals surface area (Å²) in [4.78, 5) is 5.68. The van der Waals surface area contributed by atoms with Gasteiger partial charge in [-0.15, -0.1) is 0 Å². The Kier molecular flexibility index (Phi) is 4.75. The van der Waals surface area contributed by atoms with E-state index in [2.05, 4.69) is 10.3 Å². The molecule has 1 N–H and O–H groups in total. The number of rotatable bonds is 3. The molecular weight excluding hydrogens is 291 g/mol. The normalized spacial score (nSPS) is 19.9. The van der Waals surface area contributed by atoms with Gasteiger partial charge < -0.3 is 10.2 Å². The summed E-state index contributed by atoms with van der Waals surface area (Å²) >= 11 is 5.93. The molecule has 1 unspecified atom stereocenters. The van der Waals surface area contributed by atoms with Crippen LogP contribution < -0.4 is 10.2 Å². The van der Waals surface area contributed by atoms with Crippen molar-refractivity contribution in [3.63, 3.8) is 0 Å². The summed E-state index contributed by atoms with van der Waals surface area (Å²) in [5, 5.41) is 3.34. The lowest BCUT2D eigenvalue weighted by Gasteiger charge is -2.28. The van der Waals surface area contributed by atoms with Crippen molar-refractivity contribution >= 4 is 17.4 Å². The van der Waals surface area contributed by atoms with Gasteiger partial charge in [0.1, 0.15) is 5.82 Å². The van der Waals surface area contributed by atoms with E-state index in [1.165, 1.54) is 0 Å². The fourth-order valence-electron chi connectivity index (χ4n) is 2.42. The lowest BCUT2D eigenvalue weighted by Crippen LogP contribution is -2.37. The number of piperidine rings is 1. The van der Waals surface area contributed by atoms with E-state index in [0.29, 0.717) is 11.7 Å². The van der Waals surface area contributed by atoms with Crippen molar-refractivity contribution in [3.8, 4) is 0 Å². The molecule has 112 valence electrons. The van der Waals surface area contributed by atoms with Crippen molar-refractivity contribution in [2.45, 2.75) is 19.0 Å². The van der Waals surface area contributed by atoms with Gasteiger partial charge in [0.15, 0.2) is 0 Å². The highest BCUT2D eigenvalue weighted by atomic mass is 35.5. The lowest BCUT2D eigenvalue weighted by atomic mass is 9.99. The zero-order chi connectivity index (χ0) is 14.8. The van der Waals surface area contributed by atoms with Crippen LogP contribution in [0.15, 0.2) is 12.3 Å². The minimum Gasteiger partial charge on any atom is -0.358 e. The largest absolute Gasteiger partial charge is 0.417 e. The third-order valence-electron chi connectivity index (χ3n) is 3.44. The minimum absolute atomic E-state index is 0.0334. The molecule has 1 aromatic heterocycles. The number of halogens is 4. The van der Waals surface area contributed by atoms with Crippen LogP contribution in [0, 0.1) is 5.92 Å². The Hall–Kier alpha value is -1.01. The number of nitrogens with zero attached hydrogens (tertiary/aromatic N) is 2. The average molecular weight is 308 g/mol. The van der Waals surface area contributed by atoms with E-state index in [9.17, 15) is 13.2 Å². The third-order valence-corrected chi connectivity index (χ3v) is 3.72. The first-order valence-corrected chi connectivity index (χ1v) is 6.90. The number of nitrogens with one attached hydrogen (secondary N) is 1. The van der Waals surface area contributed by atoms with Crippen molar-refractivity contribution in [3.05, 3.63) is 22.8 Å². The smallest absolute Gasteiger partial charge is 0.358 e. The van der Waals surface area contributed by atoms with Gasteiger partial charge in [0.05, 0.1) is 10.6 Å². The molecule has 0 aliphatic carbocycles. The molecule has 1 fully saturated rings. The van der Waals surface area contributed by atoms with Gasteiger partial charge >= 0.3 is 6.18 Å². The summed E-state index contributed by atoms with van der Waals surface area (Å²) in [7, 11) is 1.80. The fourth-order valence-corrected chi connectivity index (χ4v) is 2.73. The van der Waals surface area contributed by atoms with Crippen LogP contribution in [0.3, 0.4) is 0 Å². The monoisotopic (exact) mass is 307 g/mol. The highest BCUT2D eigenvalue weighted by Gasteiger charge is 2.32. The van der Waals surface area contributed by atoms with E-state index < -0.39 is 11.7 Å². The van der Waals surface area contributed by atoms with Crippen molar-refractivity contribution in [1.29, 1.82) is 0 Å². The van der Waals surface area contributed by atoms with Crippen LogP contribution in [0.1, 0.15) is 18.4 Å². The van der Waals surface area contributed by atoms with Crippen molar-refractivity contribution in [2.75, 3.05) is 31.6 Å². The molecule has 0 amide bonds. The molecule has 1 atom stereocenters. The van der Waals surface area contributed by atoms with Crippen LogP contribution in [-0.2, 0) is 6.18 Å². The van der Waals surface area contributed by atoms with E-state index in [4.69, 9.17) is 11.6 Å². The molecule has 1 aliphatic rings. The highest BCUT2D eigenvalue weighted by Crippen LogP contribution is 2.33. The maximum absolute atomic E-state index is 12.6. The molecular formula is C13H17ClF3N3. The Labute approximate surface area is 121 Å². The number of aromatic nitrogens is 1. The van der Waals surface area contributed by atoms with Crippen LogP contribution >= 0.6 is 11.6 Å². The standard InChI is InChI=1S/C13H17ClF3N3/c1-20(8-9-3-2-4-18-6-9)12-11(14)5-10(7-19-12)13(15,16)17/h5,7,9,18H,2-4,6,8H2,1H3. The van der Waals surface area contributed by atoms with Gasteiger partial charge in [0.2, 0.25) is 0 Å². The molecule has 0 aromatic carbocycles. The van der Waals surface area contributed by atoms with Gasteiger partial charge in [-0.3, -0.25) is 0 Å². The summed E-state index contributed by atoms with van der Waals surface area (Å²) in [5.41, 5.74) is -0.820. The Balaban J connectivity index is 2.07. The molecule has 1 aliphatic heterocycles. The Morgan fingerprint density at radius 1 is 1.50 bits per heavy atom. The number of alkyl halides is 3. The summed E-state index contributed by atoms with van der Waals surface area (Å²) in [6.45, 7) is 2.67. The van der Waals surface area contributed by atoms with Gasteiger partial charge in [0.25, 0.3) is 0 Å². The zero-order valence-corrected chi connectivity index (χ0v) is 11.9. The quantitative estimate of drug-likeness (QED) is 0.929. The molecule has 0 bridgehead atoms. The molecule has 1 saturated heterocycles. The molecule has 0 spiro atoms. The molecule has 3 nitrogen and oxygen atoms in total. The summed E-state index contributed by atoms with van der Waals surface area (Å²) < 4.78 is 37.7. The molecule has 2 heterocycles. The highest BCUT2D eigenvalue weighted by molar-refractivity contribution is 6.33. The molecule has 20 heavy (non-hydrogen) atoms. The number of hydrogen-bond donors (Lipinski definition) is 1. The van der Waals surface area contributed by atoms with Crippen LogP contribution in [0.5, 0.6) is 0 Å². The molecule has 0 saturated carbocycles. The number of anilines is 1. The summed E-state index contributed by atoms with van der Waals surface area (Å²) in [6, 6.07) is 0.930. The first-order chi connectivity index (χ1) is 9.38. The lowest BCUT2D eigenvalue weighted by molar-refractivity contribution is -0.137.